The van der Waals surface area contributed by atoms with Crippen molar-refractivity contribution in [2.75, 3.05) is 27.2 Å². The van der Waals surface area contributed by atoms with E-state index in [0.29, 0.717) is 6.54 Å². The van der Waals surface area contributed by atoms with Gasteiger partial charge < -0.3 is 10.2 Å². The molecule has 1 atom stereocenters. The van der Waals surface area contributed by atoms with Gasteiger partial charge in [0.05, 0.1) is 11.6 Å². The fraction of sp³-hybridized carbons (Fsp3) is 0.692. The summed E-state index contributed by atoms with van der Waals surface area (Å²) in [5, 5.41) is 5.97. The normalized spacial score (nSPS) is 20.6. The van der Waals surface area contributed by atoms with E-state index in [1.165, 1.54) is 18.7 Å². The molecule has 1 saturated heterocycles. The van der Waals surface area contributed by atoms with Crippen LogP contribution in [0.4, 0.5) is 13.2 Å². The van der Waals surface area contributed by atoms with Crippen molar-refractivity contribution in [3.05, 3.63) is 17.0 Å². The maximum absolute atomic E-state index is 13.1. The van der Waals surface area contributed by atoms with Crippen molar-refractivity contribution in [3.63, 3.8) is 0 Å². The standard InChI is InChI=1S/C13H19F3N4O/c1-8-10(12(21)17-2)11(13(14,15)16)18-20(8)9-5-4-6-19(3)7-9/h9H,4-7H2,1-3H3,(H,17,21). The lowest BCUT2D eigenvalue weighted by molar-refractivity contribution is -0.141. The monoisotopic (exact) mass is 304 g/mol. The summed E-state index contributed by atoms with van der Waals surface area (Å²) in [5.74, 6) is -0.754. The largest absolute Gasteiger partial charge is 0.435 e. The van der Waals surface area contributed by atoms with Crippen molar-refractivity contribution in [2.45, 2.75) is 32.0 Å². The van der Waals surface area contributed by atoms with Gasteiger partial charge in [-0.25, -0.2) is 0 Å². The molecule has 1 unspecified atom stereocenters. The van der Waals surface area contributed by atoms with Crippen molar-refractivity contribution < 1.29 is 18.0 Å². The number of nitrogens with zero attached hydrogens (tertiary/aromatic N) is 3. The first-order valence-electron chi connectivity index (χ1n) is 6.82. The molecule has 1 amide bonds. The molecule has 1 N–H and O–H groups in total. The van der Waals surface area contributed by atoms with Gasteiger partial charge in [-0.3, -0.25) is 9.48 Å². The molecule has 21 heavy (non-hydrogen) atoms. The van der Waals surface area contributed by atoms with Gasteiger partial charge in [0, 0.05) is 19.3 Å². The Bertz CT molecular complexity index is 538. The van der Waals surface area contributed by atoms with E-state index in [9.17, 15) is 18.0 Å². The number of rotatable bonds is 2. The number of hydrogen-bond donors (Lipinski definition) is 1. The van der Waals surface area contributed by atoms with Crippen LogP contribution in [0.15, 0.2) is 0 Å². The highest BCUT2D eigenvalue weighted by Crippen LogP contribution is 2.34. The topological polar surface area (TPSA) is 50.2 Å². The summed E-state index contributed by atoms with van der Waals surface area (Å²) in [7, 11) is 3.24. The molecule has 1 aliphatic heterocycles. The molecule has 0 radical (unpaired) electrons. The lowest BCUT2D eigenvalue weighted by atomic mass is 10.1. The van der Waals surface area contributed by atoms with Gasteiger partial charge in [-0.2, -0.15) is 18.3 Å². The number of likely N-dealkylation sites (N-methyl/N-ethyl adjacent to an activating group) is 1. The smallest absolute Gasteiger partial charge is 0.355 e. The maximum atomic E-state index is 13.1. The molecule has 8 heteroatoms. The summed E-state index contributed by atoms with van der Waals surface area (Å²) in [5.41, 5.74) is -1.22. The molecule has 0 spiro atoms. The van der Waals surface area contributed by atoms with Crippen LogP contribution in [-0.2, 0) is 6.18 Å². The molecule has 2 heterocycles. The molecular weight excluding hydrogens is 285 g/mol. The van der Waals surface area contributed by atoms with Gasteiger partial charge in [-0.15, -0.1) is 0 Å². The first-order valence-corrected chi connectivity index (χ1v) is 6.82. The summed E-state index contributed by atoms with van der Waals surface area (Å²) in [6.07, 6.45) is -2.98. The van der Waals surface area contributed by atoms with Crippen LogP contribution in [0.25, 0.3) is 0 Å². The van der Waals surface area contributed by atoms with Gasteiger partial charge in [0.25, 0.3) is 5.91 Å². The van der Waals surface area contributed by atoms with Gasteiger partial charge in [-0.05, 0) is 33.4 Å². The van der Waals surface area contributed by atoms with E-state index in [-0.39, 0.29) is 17.3 Å². The highest BCUT2D eigenvalue weighted by molar-refractivity contribution is 5.96. The van der Waals surface area contributed by atoms with Gasteiger partial charge in [0.1, 0.15) is 0 Å². The highest BCUT2D eigenvalue weighted by Gasteiger charge is 2.41. The fourth-order valence-electron chi connectivity index (χ4n) is 2.81. The lowest BCUT2D eigenvalue weighted by Crippen LogP contribution is -2.34. The van der Waals surface area contributed by atoms with Crippen LogP contribution in [0.1, 0.15) is 40.6 Å². The average molecular weight is 304 g/mol. The predicted octanol–water partition coefficient (Wildman–Crippen LogP) is 1.84. The number of halogens is 3. The molecule has 0 aliphatic carbocycles. The summed E-state index contributed by atoms with van der Waals surface area (Å²) in [4.78, 5) is 13.8. The maximum Gasteiger partial charge on any atom is 0.435 e. The molecule has 0 aromatic carbocycles. The third-order valence-corrected chi connectivity index (χ3v) is 3.82. The number of aromatic nitrogens is 2. The summed E-state index contributed by atoms with van der Waals surface area (Å²) >= 11 is 0. The number of piperidine rings is 1. The SMILES string of the molecule is CNC(=O)c1c(C(F)(F)F)nn(C2CCCN(C)C2)c1C. The summed E-state index contributed by atoms with van der Waals surface area (Å²) in [6.45, 7) is 3.07. The van der Waals surface area contributed by atoms with E-state index < -0.39 is 17.8 Å². The van der Waals surface area contributed by atoms with E-state index in [0.717, 1.165) is 19.4 Å². The van der Waals surface area contributed by atoms with Crippen LogP contribution in [0.2, 0.25) is 0 Å². The summed E-state index contributed by atoms with van der Waals surface area (Å²) in [6, 6.07) is -0.136. The Morgan fingerprint density at radius 1 is 1.43 bits per heavy atom. The second kappa shape index (κ2) is 5.67. The second-order valence-corrected chi connectivity index (χ2v) is 5.39. The van der Waals surface area contributed by atoms with Crippen molar-refractivity contribution in [2.24, 2.45) is 0 Å². The molecule has 1 aromatic heterocycles. The fourth-order valence-corrected chi connectivity index (χ4v) is 2.81. The van der Waals surface area contributed by atoms with Crippen LogP contribution in [-0.4, -0.2) is 47.8 Å². The van der Waals surface area contributed by atoms with Crippen molar-refractivity contribution >= 4 is 5.91 Å². The molecule has 1 aromatic rings. The first-order chi connectivity index (χ1) is 9.75. The summed E-state index contributed by atoms with van der Waals surface area (Å²) < 4.78 is 40.7. The Morgan fingerprint density at radius 3 is 2.62 bits per heavy atom. The Morgan fingerprint density at radius 2 is 2.10 bits per heavy atom. The molecule has 2 rings (SSSR count). The van der Waals surface area contributed by atoms with E-state index in [1.54, 1.807) is 0 Å². The van der Waals surface area contributed by atoms with Crippen LogP contribution >= 0.6 is 0 Å². The molecular formula is C13H19F3N4O. The number of carbonyl (C=O) groups is 1. The number of carbonyl (C=O) groups excluding carboxylic acids is 1. The zero-order valence-corrected chi connectivity index (χ0v) is 12.3. The zero-order chi connectivity index (χ0) is 15.8. The third kappa shape index (κ3) is 3.04. The Labute approximate surface area is 121 Å². The third-order valence-electron chi connectivity index (χ3n) is 3.82. The van der Waals surface area contributed by atoms with Gasteiger partial charge in [-0.1, -0.05) is 0 Å². The molecule has 1 fully saturated rings. The average Bonchev–Trinajstić information content (AvgIpc) is 2.75. The minimum absolute atomic E-state index is 0.136. The number of alkyl halides is 3. The number of hydrogen-bond acceptors (Lipinski definition) is 3. The Hall–Kier alpha value is -1.57. The van der Waals surface area contributed by atoms with E-state index >= 15 is 0 Å². The Kier molecular flexibility index (Phi) is 4.27. The number of nitrogens with one attached hydrogen (secondary N) is 1. The molecule has 1 aliphatic rings. The van der Waals surface area contributed by atoms with E-state index in [1.807, 2.05) is 7.05 Å². The van der Waals surface area contributed by atoms with E-state index in [2.05, 4.69) is 15.3 Å². The quantitative estimate of drug-likeness (QED) is 0.907. The lowest BCUT2D eigenvalue weighted by Gasteiger charge is -2.30. The number of amides is 1. The Balaban J connectivity index is 2.48. The van der Waals surface area contributed by atoms with Crippen LogP contribution in [0.5, 0.6) is 0 Å². The number of likely N-dealkylation sites (tertiary alicyclic amines) is 1. The van der Waals surface area contributed by atoms with Crippen LogP contribution in [0, 0.1) is 6.92 Å². The minimum Gasteiger partial charge on any atom is -0.355 e. The van der Waals surface area contributed by atoms with E-state index in [4.69, 9.17) is 0 Å². The predicted molar refractivity (Wildman–Crippen MR) is 71.1 cm³/mol. The van der Waals surface area contributed by atoms with Crippen LogP contribution < -0.4 is 5.32 Å². The first kappa shape index (κ1) is 15.8. The van der Waals surface area contributed by atoms with Crippen molar-refractivity contribution in [3.8, 4) is 0 Å². The van der Waals surface area contributed by atoms with Gasteiger partial charge in [0.15, 0.2) is 5.69 Å². The van der Waals surface area contributed by atoms with Crippen molar-refractivity contribution in [1.82, 2.24) is 20.0 Å². The second-order valence-electron chi connectivity index (χ2n) is 5.39. The molecule has 118 valence electrons. The van der Waals surface area contributed by atoms with Crippen molar-refractivity contribution in [1.29, 1.82) is 0 Å². The molecule has 0 saturated carbocycles. The molecule has 0 bridgehead atoms. The van der Waals surface area contributed by atoms with Gasteiger partial charge in [0.2, 0.25) is 0 Å². The van der Waals surface area contributed by atoms with Gasteiger partial charge >= 0.3 is 6.18 Å². The van der Waals surface area contributed by atoms with Crippen LogP contribution in [0.3, 0.4) is 0 Å². The molecule has 5 nitrogen and oxygen atoms in total. The zero-order valence-electron chi connectivity index (χ0n) is 12.3. The highest BCUT2D eigenvalue weighted by atomic mass is 19.4. The minimum atomic E-state index is -4.64.